The molecule has 0 aliphatic rings. The van der Waals surface area contributed by atoms with E-state index in [9.17, 15) is 0 Å². The van der Waals surface area contributed by atoms with Crippen LogP contribution >= 0.6 is 0 Å². The van der Waals surface area contributed by atoms with Gasteiger partial charge in [0.25, 0.3) is 0 Å². The van der Waals surface area contributed by atoms with E-state index in [0.29, 0.717) is 11.8 Å². The maximum Gasteiger partial charge on any atom is 0.122 e. The normalized spacial score (nSPS) is 12.5. The van der Waals surface area contributed by atoms with E-state index in [1.54, 1.807) is 14.2 Å². The van der Waals surface area contributed by atoms with Crippen molar-refractivity contribution in [3.63, 3.8) is 0 Å². The first kappa shape index (κ1) is 15.8. The Bertz CT molecular complexity index is 377. The molecule has 0 aliphatic carbocycles. The third kappa shape index (κ3) is 5.11. The van der Waals surface area contributed by atoms with Gasteiger partial charge in [-0.15, -0.1) is 0 Å². The van der Waals surface area contributed by atoms with Gasteiger partial charge in [-0.25, -0.2) is 0 Å². The third-order valence-electron chi connectivity index (χ3n) is 3.27. The molecule has 0 heterocycles. The van der Waals surface area contributed by atoms with Crippen LogP contribution in [0, 0.1) is 5.92 Å². The van der Waals surface area contributed by atoms with Crippen molar-refractivity contribution in [2.75, 3.05) is 27.3 Å². The van der Waals surface area contributed by atoms with Gasteiger partial charge >= 0.3 is 0 Å². The minimum atomic E-state index is 0.449. The van der Waals surface area contributed by atoms with Crippen molar-refractivity contribution < 1.29 is 9.47 Å². The number of rotatable bonds is 8. The van der Waals surface area contributed by atoms with Gasteiger partial charge < -0.3 is 14.8 Å². The predicted octanol–water partition coefficient (Wildman–Crippen LogP) is 3.44. The molecule has 1 N–H and O–H groups in total. The summed E-state index contributed by atoms with van der Waals surface area (Å²) in [6.45, 7) is 8.78. The highest BCUT2D eigenvalue weighted by molar-refractivity contribution is 5.42. The van der Waals surface area contributed by atoms with Crippen LogP contribution in [0.2, 0.25) is 0 Å². The Morgan fingerprint density at radius 2 is 1.84 bits per heavy atom. The molecule has 0 aliphatic heterocycles. The number of ether oxygens (including phenoxy) is 2. The Hall–Kier alpha value is -1.22. The van der Waals surface area contributed by atoms with Gasteiger partial charge in [-0.05, 0) is 49.5 Å². The second kappa shape index (κ2) is 8.05. The van der Waals surface area contributed by atoms with Crippen molar-refractivity contribution in [3.05, 3.63) is 23.8 Å². The van der Waals surface area contributed by atoms with Gasteiger partial charge in [0.15, 0.2) is 0 Å². The lowest BCUT2D eigenvalue weighted by Gasteiger charge is -2.17. The monoisotopic (exact) mass is 265 g/mol. The van der Waals surface area contributed by atoms with Gasteiger partial charge in [0.05, 0.1) is 14.2 Å². The Labute approximate surface area is 117 Å². The van der Waals surface area contributed by atoms with Crippen molar-refractivity contribution in [1.82, 2.24) is 5.32 Å². The van der Waals surface area contributed by atoms with E-state index < -0.39 is 0 Å². The molecule has 1 rings (SSSR count). The molecule has 0 saturated carbocycles. The predicted molar refractivity (Wildman–Crippen MR) is 80.3 cm³/mol. The Balaban J connectivity index is 2.61. The van der Waals surface area contributed by atoms with E-state index in [1.807, 2.05) is 12.1 Å². The number of methoxy groups -OCH3 is 2. The van der Waals surface area contributed by atoms with Crippen molar-refractivity contribution in [2.24, 2.45) is 5.92 Å². The number of hydrogen-bond donors (Lipinski definition) is 1. The molecule has 0 saturated heterocycles. The highest BCUT2D eigenvalue weighted by Crippen LogP contribution is 2.31. The molecule has 3 nitrogen and oxygen atoms in total. The summed E-state index contributed by atoms with van der Waals surface area (Å²) in [6.07, 6.45) is 1.09. The maximum atomic E-state index is 5.43. The molecule has 0 fully saturated rings. The van der Waals surface area contributed by atoms with Crippen LogP contribution in [0.3, 0.4) is 0 Å². The molecule has 1 aromatic rings. The standard InChI is InChI=1S/C16H27NO2/c1-12(2)11-17-9-8-13(3)15-10-14(18-4)6-7-16(15)19-5/h6-7,10,12-13,17H,8-9,11H2,1-5H3. The summed E-state index contributed by atoms with van der Waals surface area (Å²) < 4.78 is 10.7. The lowest BCUT2D eigenvalue weighted by molar-refractivity contribution is 0.394. The molecule has 3 heteroatoms. The van der Waals surface area contributed by atoms with Gasteiger partial charge in [0, 0.05) is 5.56 Å². The fraction of sp³-hybridized carbons (Fsp3) is 0.625. The summed E-state index contributed by atoms with van der Waals surface area (Å²) in [5.41, 5.74) is 1.22. The fourth-order valence-electron chi connectivity index (χ4n) is 2.09. The molecule has 1 aromatic carbocycles. The molecular weight excluding hydrogens is 238 g/mol. The van der Waals surface area contributed by atoms with E-state index in [-0.39, 0.29) is 0 Å². The summed E-state index contributed by atoms with van der Waals surface area (Å²) in [6, 6.07) is 5.99. The van der Waals surface area contributed by atoms with Crippen LogP contribution in [0.5, 0.6) is 11.5 Å². The Kier molecular flexibility index (Phi) is 6.71. The second-order valence-corrected chi connectivity index (χ2v) is 5.40. The zero-order valence-corrected chi connectivity index (χ0v) is 12.8. The summed E-state index contributed by atoms with van der Waals surface area (Å²) in [4.78, 5) is 0. The first-order valence-corrected chi connectivity index (χ1v) is 7.01. The first-order chi connectivity index (χ1) is 9.08. The van der Waals surface area contributed by atoms with Crippen LogP contribution in [0.4, 0.5) is 0 Å². The van der Waals surface area contributed by atoms with Crippen LogP contribution < -0.4 is 14.8 Å². The quantitative estimate of drug-likeness (QED) is 0.730. The molecule has 108 valence electrons. The van der Waals surface area contributed by atoms with E-state index in [0.717, 1.165) is 31.0 Å². The molecule has 0 bridgehead atoms. The van der Waals surface area contributed by atoms with E-state index in [4.69, 9.17) is 9.47 Å². The minimum Gasteiger partial charge on any atom is -0.497 e. The van der Waals surface area contributed by atoms with Gasteiger partial charge in [0.1, 0.15) is 11.5 Å². The molecule has 1 atom stereocenters. The maximum absolute atomic E-state index is 5.43. The van der Waals surface area contributed by atoms with E-state index in [2.05, 4.69) is 32.2 Å². The molecule has 0 aromatic heterocycles. The highest BCUT2D eigenvalue weighted by atomic mass is 16.5. The average molecular weight is 265 g/mol. The van der Waals surface area contributed by atoms with Crippen LogP contribution in [0.25, 0.3) is 0 Å². The molecular formula is C16H27NO2. The average Bonchev–Trinajstić information content (AvgIpc) is 2.42. The van der Waals surface area contributed by atoms with Gasteiger partial charge in [0.2, 0.25) is 0 Å². The molecule has 1 unspecified atom stereocenters. The summed E-state index contributed by atoms with van der Waals surface area (Å²) in [5.74, 6) is 2.97. The Morgan fingerprint density at radius 3 is 2.42 bits per heavy atom. The van der Waals surface area contributed by atoms with Crippen molar-refractivity contribution in [2.45, 2.75) is 33.1 Å². The summed E-state index contributed by atoms with van der Waals surface area (Å²) >= 11 is 0. The largest absolute Gasteiger partial charge is 0.497 e. The lowest BCUT2D eigenvalue weighted by atomic mass is 9.96. The minimum absolute atomic E-state index is 0.449. The van der Waals surface area contributed by atoms with Gasteiger partial charge in [-0.2, -0.15) is 0 Å². The zero-order chi connectivity index (χ0) is 14.3. The third-order valence-corrected chi connectivity index (χ3v) is 3.27. The molecule has 0 radical (unpaired) electrons. The topological polar surface area (TPSA) is 30.5 Å². The Morgan fingerprint density at radius 1 is 1.11 bits per heavy atom. The van der Waals surface area contributed by atoms with E-state index >= 15 is 0 Å². The number of hydrogen-bond acceptors (Lipinski definition) is 3. The lowest BCUT2D eigenvalue weighted by Crippen LogP contribution is -2.21. The van der Waals surface area contributed by atoms with Crippen LogP contribution in [-0.2, 0) is 0 Å². The van der Waals surface area contributed by atoms with Gasteiger partial charge in [-0.3, -0.25) is 0 Å². The van der Waals surface area contributed by atoms with Crippen LogP contribution in [-0.4, -0.2) is 27.3 Å². The van der Waals surface area contributed by atoms with Crippen molar-refractivity contribution >= 4 is 0 Å². The highest BCUT2D eigenvalue weighted by Gasteiger charge is 2.12. The van der Waals surface area contributed by atoms with E-state index in [1.165, 1.54) is 5.56 Å². The van der Waals surface area contributed by atoms with Crippen molar-refractivity contribution in [3.8, 4) is 11.5 Å². The van der Waals surface area contributed by atoms with Crippen LogP contribution in [0.15, 0.2) is 18.2 Å². The van der Waals surface area contributed by atoms with Gasteiger partial charge in [-0.1, -0.05) is 20.8 Å². The van der Waals surface area contributed by atoms with Crippen LogP contribution in [0.1, 0.15) is 38.7 Å². The number of nitrogens with one attached hydrogen (secondary N) is 1. The SMILES string of the molecule is COc1ccc(OC)c(C(C)CCNCC(C)C)c1. The zero-order valence-electron chi connectivity index (χ0n) is 12.8. The van der Waals surface area contributed by atoms with Crippen molar-refractivity contribution in [1.29, 1.82) is 0 Å². The second-order valence-electron chi connectivity index (χ2n) is 5.40. The summed E-state index contributed by atoms with van der Waals surface area (Å²) in [7, 11) is 3.41. The molecule has 0 spiro atoms. The smallest absolute Gasteiger partial charge is 0.122 e. The number of benzene rings is 1. The first-order valence-electron chi connectivity index (χ1n) is 7.01. The molecule has 0 amide bonds. The summed E-state index contributed by atoms with van der Waals surface area (Å²) in [5, 5.41) is 3.48. The molecule has 19 heavy (non-hydrogen) atoms. The fourth-order valence-corrected chi connectivity index (χ4v) is 2.09.